The summed E-state index contributed by atoms with van der Waals surface area (Å²) in [6.45, 7) is 0.283. The first-order valence-corrected chi connectivity index (χ1v) is 24.3. The first-order valence-electron chi connectivity index (χ1n) is 24.3. The van der Waals surface area contributed by atoms with Crippen molar-refractivity contribution in [1.82, 2.24) is 4.98 Å². The molecule has 0 radical (unpaired) electrons. The number of carbonyl (C=O) groups excluding carboxylic acids is 1. The second kappa shape index (κ2) is 22.4. The molecule has 0 fully saturated rings. The van der Waals surface area contributed by atoms with E-state index in [4.69, 9.17) is 0 Å². The van der Waals surface area contributed by atoms with E-state index in [0.29, 0.717) is 0 Å². The molecule has 0 aliphatic heterocycles. The predicted molar refractivity (Wildman–Crippen MR) is 266 cm³/mol. The molecule has 28 heteroatoms. The smallest absolute Gasteiger partial charge is 0.287 e. The molecule has 0 bridgehead atoms. The number of halogens is 24. The van der Waals surface area contributed by atoms with E-state index in [2.05, 4.69) is 59.6 Å². The number of Topliss-reactive ketones (excluding diaryl/α,β-unsaturated/α-hetero) is 1. The lowest BCUT2D eigenvalue weighted by molar-refractivity contribution is -0.683. The molecule has 0 N–H and O–H groups in total. The largest absolute Gasteiger partial charge is 0.416 e. The van der Waals surface area contributed by atoms with Crippen molar-refractivity contribution in [2.75, 3.05) is 0 Å². The maximum Gasteiger partial charge on any atom is 0.416 e. The third-order valence-electron chi connectivity index (χ3n) is 13.7. The maximum atomic E-state index is 14.2. The number of hydrogen-bond donors (Lipinski definition) is 0. The maximum absolute atomic E-state index is 14.2. The molecule has 0 aliphatic rings. The number of hydrogen-bond acceptors (Lipinski definition) is 2. The van der Waals surface area contributed by atoms with Gasteiger partial charge in [0.1, 0.15) is 11.8 Å². The molecule has 1 heterocycles. The monoisotopic (exact) mass is 1240 g/mol. The second-order valence-electron chi connectivity index (χ2n) is 19.3. The minimum Gasteiger partial charge on any atom is -0.287 e. The third-order valence-corrected chi connectivity index (χ3v) is 13.7. The predicted octanol–water partition coefficient (Wildman–Crippen LogP) is 16.4. The highest BCUT2D eigenvalue weighted by atomic mass is 19.4. The summed E-state index contributed by atoms with van der Waals surface area (Å²) in [4.78, 5) is 17.2. The van der Waals surface area contributed by atoms with Crippen molar-refractivity contribution in [1.29, 1.82) is 0 Å². The van der Waals surface area contributed by atoms with Crippen molar-refractivity contribution in [2.24, 2.45) is 0 Å². The summed E-state index contributed by atoms with van der Waals surface area (Å²) in [5.74, 6) is 0.0797. The lowest BCUT2D eigenvalue weighted by Gasteiger charge is -2.46. The Bertz CT molecular complexity index is 3570. The summed E-state index contributed by atoms with van der Waals surface area (Å²) in [6.07, 6.45) is -49.2. The number of alkyl halides is 24. The van der Waals surface area contributed by atoms with Crippen molar-refractivity contribution in [3.8, 4) is 11.3 Å². The van der Waals surface area contributed by atoms with E-state index >= 15 is 0 Å². The van der Waals surface area contributed by atoms with Crippen molar-refractivity contribution < 1.29 is 115 Å². The van der Waals surface area contributed by atoms with Crippen LogP contribution in [-0.4, -0.2) is 16.9 Å². The highest BCUT2D eigenvalue weighted by Crippen LogP contribution is 2.42. The fraction of sp³-hybridized carbons (Fsp3) is 0.155. The summed E-state index contributed by atoms with van der Waals surface area (Å²) < 4.78 is 343. The zero-order chi connectivity index (χ0) is 63.5. The molecule has 0 spiro atoms. The van der Waals surface area contributed by atoms with Crippen LogP contribution in [0.1, 0.15) is 54.9 Å². The average molecular weight is 1240 g/mol. The van der Waals surface area contributed by atoms with Crippen LogP contribution in [0.5, 0.6) is 0 Å². The lowest BCUT2D eigenvalue weighted by Crippen LogP contribution is -2.75. The Morgan fingerprint density at radius 2 is 0.663 bits per heavy atom. The zero-order valence-electron chi connectivity index (χ0n) is 42.4. The molecule has 0 saturated carbocycles. The van der Waals surface area contributed by atoms with Gasteiger partial charge in [-0.15, -0.1) is 0 Å². The summed E-state index contributed by atoms with van der Waals surface area (Å²) >= 11 is 0. The highest BCUT2D eigenvalue weighted by Gasteiger charge is 2.47. The summed E-state index contributed by atoms with van der Waals surface area (Å²) in [5, 5.41) is 4.78. The Kier molecular flexibility index (Phi) is 16.5. The van der Waals surface area contributed by atoms with Crippen LogP contribution in [0.3, 0.4) is 0 Å². The van der Waals surface area contributed by atoms with E-state index in [9.17, 15) is 110 Å². The van der Waals surface area contributed by atoms with Gasteiger partial charge in [-0.05, 0) is 51.9 Å². The van der Waals surface area contributed by atoms with Crippen LogP contribution in [-0.2, 0) is 56.0 Å². The van der Waals surface area contributed by atoms with Crippen LogP contribution in [0, 0.1) is 0 Å². The van der Waals surface area contributed by atoms with Gasteiger partial charge in [0.25, 0.3) is 0 Å². The van der Waals surface area contributed by atoms with Gasteiger partial charge in [-0.2, -0.15) is 132 Å². The van der Waals surface area contributed by atoms with Crippen LogP contribution >= 0.6 is 0 Å². The Morgan fingerprint density at radius 1 is 0.360 bits per heavy atom. The molecule has 3 nitrogen and oxygen atoms in total. The number of ketones is 1. The minimum absolute atomic E-state index is 0.0797. The molecule has 0 amide bonds. The van der Waals surface area contributed by atoms with Crippen molar-refractivity contribution >= 4 is 55.3 Å². The van der Waals surface area contributed by atoms with E-state index in [1.807, 2.05) is 47.3 Å². The summed E-state index contributed by atoms with van der Waals surface area (Å²) in [7, 11) is 0. The van der Waals surface area contributed by atoms with E-state index in [1.165, 1.54) is 16.2 Å². The van der Waals surface area contributed by atoms with Crippen molar-refractivity contribution in [3.63, 3.8) is 0 Å². The van der Waals surface area contributed by atoms with Crippen LogP contribution in [0.2, 0.25) is 0 Å². The molecule has 9 aromatic rings. The van der Waals surface area contributed by atoms with Gasteiger partial charge < -0.3 is 0 Å². The molecule has 0 saturated heterocycles. The first-order chi connectivity index (χ1) is 39.6. The number of fused-ring (bicyclic) bond motifs is 3. The molecule has 9 rings (SSSR count). The fourth-order valence-corrected chi connectivity index (χ4v) is 9.89. The van der Waals surface area contributed by atoms with Gasteiger partial charge in [0.15, 0.2) is 12.4 Å². The molecule has 0 atom stereocenters. The number of benzene rings is 8. The van der Waals surface area contributed by atoms with Gasteiger partial charge in [0.05, 0.1) is 50.7 Å². The van der Waals surface area contributed by atoms with Gasteiger partial charge in [-0.1, -0.05) is 127 Å². The standard InChI is InChI=1S/C32H12BF24.C26H19N2O/c34-25(35,36)13-1-14(26(37,38)39)6-21(5-13)33(22-7-15(27(40,41)42)2-16(8-22)28(43,44)45,23-9-17(29(46,47)48)3-18(10-23)30(49,50)51)24-11-19(31(52,53)54)4-20(12-24)32(55,56)57;29-26(19-8-2-1-3-9-19)18-28-15-14-27-25(17-28)24-16-20-10-4-5-11-21(20)22-12-6-7-13-23(22)24/h1-12H;1-17H,18H2/q-1;+1. The van der Waals surface area contributed by atoms with Crippen molar-refractivity contribution in [2.45, 2.75) is 56.0 Å². The topological polar surface area (TPSA) is 33.8 Å². The van der Waals surface area contributed by atoms with E-state index in [1.54, 1.807) is 6.20 Å². The Hall–Kier alpha value is -8.59. The van der Waals surface area contributed by atoms with Gasteiger partial charge >= 0.3 is 49.4 Å². The first kappa shape index (κ1) is 63.4. The average Bonchev–Trinajstić information content (AvgIpc) is 0.727. The third kappa shape index (κ3) is 13.6. The SMILES string of the molecule is FC(F)(F)c1cc([B-](c2cc(C(F)(F)F)cc(C(F)(F)F)c2)(c2cc(C(F)(F)F)cc(C(F)(F)F)c2)c2cc(C(F)(F)F)cc(C(F)(F)F)c2)cc(C(F)(F)F)c1.O=C(C[n+]1ccnc(-c2cc3ccccc3c3ccccc23)c1)c1ccccc1. The summed E-state index contributed by atoms with van der Waals surface area (Å²) in [6, 6.07) is 19.6. The Morgan fingerprint density at radius 3 is 1.00 bits per heavy atom. The molecule has 86 heavy (non-hydrogen) atoms. The van der Waals surface area contributed by atoms with Gasteiger partial charge in [-0.25, -0.2) is 4.98 Å². The lowest BCUT2D eigenvalue weighted by atomic mass is 9.12. The molecule has 8 aromatic carbocycles. The fourth-order valence-electron chi connectivity index (χ4n) is 9.89. The number of nitrogens with zero attached hydrogens (tertiary/aromatic N) is 2. The van der Waals surface area contributed by atoms with Crippen molar-refractivity contribution in [3.05, 3.63) is 226 Å². The Labute approximate surface area is 467 Å². The number of carbonyl (C=O) groups is 1. The van der Waals surface area contributed by atoms with Gasteiger partial charge in [-0.3, -0.25) is 4.79 Å². The zero-order valence-corrected chi connectivity index (χ0v) is 42.4. The van der Waals surface area contributed by atoms with E-state index in [-0.39, 0.29) is 12.3 Å². The normalized spacial score (nSPS) is 13.2. The highest BCUT2D eigenvalue weighted by molar-refractivity contribution is 7.20. The van der Waals surface area contributed by atoms with Gasteiger partial charge in [0, 0.05) is 11.1 Å². The molecule has 0 unspecified atom stereocenters. The van der Waals surface area contributed by atoms with Crippen LogP contribution in [0.15, 0.2) is 176 Å². The quantitative estimate of drug-likeness (QED) is 0.0499. The number of aromatic nitrogens is 2. The summed E-state index contributed by atoms with van der Waals surface area (Å²) in [5.41, 5.74) is -27.6. The van der Waals surface area contributed by atoms with Crippen LogP contribution in [0.4, 0.5) is 105 Å². The minimum atomic E-state index is -6.13. The molecule has 0 aliphatic carbocycles. The second-order valence-corrected chi connectivity index (χ2v) is 19.3. The van der Waals surface area contributed by atoms with Gasteiger partial charge in [0.2, 0.25) is 12.3 Å². The number of rotatable bonds is 8. The Balaban J connectivity index is 0.000000274. The molecule has 450 valence electrons. The van der Waals surface area contributed by atoms with E-state index < -0.39 is 195 Å². The van der Waals surface area contributed by atoms with Crippen LogP contribution in [0.25, 0.3) is 32.8 Å². The molecular formula is C58H31BF24N2O. The molecule has 1 aromatic heterocycles. The van der Waals surface area contributed by atoms with E-state index in [0.717, 1.165) is 22.2 Å². The van der Waals surface area contributed by atoms with Crippen LogP contribution < -0.4 is 26.4 Å². The molecular weight excluding hydrogens is 1210 g/mol.